The molecular weight excluding hydrogens is 260 g/mol. The first-order valence-corrected chi connectivity index (χ1v) is 9.41. The standard InChI is InChI=1S/C18H34N2O/c19-13-18(21,15-11-12-15)14-20(16-7-3-1-4-8-16)17-9-5-2-6-10-17/h15-17,21H,1-14,19H2. The first-order valence-electron chi connectivity index (χ1n) is 9.41. The number of nitrogens with zero attached hydrogens (tertiary/aromatic N) is 1. The number of hydrogen-bond donors (Lipinski definition) is 2. The predicted molar refractivity (Wildman–Crippen MR) is 87.2 cm³/mol. The van der Waals surface area contributed by atoms with E-state index in [1.54, 1.807) is 0 Å². The normalized spacial score (nSPS) is 28.7. The maximum atomic E-state index is 11.0. The van der Waals surface area contributed by atoms with Crippen LogP contribution in [-0.4, -0.2) is 40.8 Å². The van der Waals surface area contributed by atoms with Gasteiger partial charge in [-0.1, -0.05) is 38.5 Å². The second-order valence-electron chi connectivity index (χ2n) is 7.84. The van der Waals surface area contributed by atoms with Gasteiger partial charge in [0.25, 0.3) is 0 Å². The van der Waals surface area contributed by atoms with Crippen LogP contribution in [0.3, 0.4) is 0 Å². The molecule has 0 bridgehead atoms. The van der Waals surface area contributed by atoms with Gasteiger partial charge in [-0.05, 0) is 44.4 Å². The summed E-state index contributed by atoms with van der Waals surface area (Å²) >= 11 is 0. The third-order valence-corrected chi connectivity index (χ3v) is 6.23. The summed E-state index contributed by atoms with van der Waals surface area (Å²) in [5, 5.41) is 11.0. The van der Waals surface area contributed by atoms with Crippen LogP contribution in [0.15, 0.2) is 0 Å². The fourth-order valence-electron chi connectivity index (χ4n) is 4.68. The molecule has 3 fully saturated rings. The van der Waals surface area contributed by atoms with Crippen molar-refractivity contribution < 1.29 is 5.11 Å². The molecule has 0 aromatic heterocycles. The molecule has 1 unspecified atom stereocenters. The molecule has 3 heteroatoms. The first-order chi connectivity index (χ1) is 10.2. The van der Waals surface area contributed by atoms with E-state index >= 15 is 0 Å². The van der Waals surface area contributed by atoms with E-state index in [1.807, 2.05) is 0 Å². The first kappa shape index (κ1) is 15.8. The Hall–Kier alpha value is -0.120. The SMILES string of the molecule is NCC(O)(CN(C1CCCCC1)C1CCCCC1)C1CC1. The number of hydrogen-bond acceptors (Lipinski definition) is 3. The highest BCUT2D eigenvalue weighted by molar-refractivity contribution is 5.00. The quantitative estimate of drug-likeness (QED) is 0.791. The minimum Gasteiger partial charge on any atom is -0.387 e. The number of aliphatic hydroxyl groups is 1. The smallest absolute Gasteiger partial charge is 0.0923 e. The lowest BCUT2D eigenvalue weighted by molar-refractivity contribution is -0.0441. The van der Waals surface area contributed by atoms with Gasteiger partial charge in [-0.3, -0.25) is 4.90 Å². The lowest BCUT2D eigenvalue weighted by Crippen LogP contribution is -2.56. The van der Waals surface area contributed by atoms with E-state index in [0.29, 0.717) is 24.5 Å². The van der Waals surface area contributed by atoms with Crippen molar-refractivity contribution in [2.45, 2.75) is 94.7 Å². The van der Waals surface area contributed by atoms with Crippen LogP contribution in [0.25, 0.3) is 0 Å². The summed E-state index contributed by atoms with van der Waals surface area (Å²) in [6.45, 7) is 1.27. The zero-order valence-electron chi connectivity index (χ0n) is 13.6. The van der Waals surface area contributed by atoms with E-state index in [0.717, 1.165) is 6.54 Å². The lowest BCUT2D eigenvalue weighted by Gasteiger charge is -2.45. The van der Waals surface area contributed by atoms with Crippen molar-refractivity contribution in [1.29, 1.82) is 0 Å². The van der Waals surface area contributed by atoms with E-state index < -0.39 is 5.60 Å². The van der Waals surface area contributed by atoms with Gasteiger partial charge in [-0.25, -0.2) is 0 Å². The lowest BCUT2D eigenvalue weighted by atomic mass is 9.86. The molecule has 0 heterocycles. The van der Waals surface area contributed by atoms with E-state index in [-0.39, 0.29) is 0 Å². The van der Waals surface area contributed by atoms with Gasteiger partial charge in [0.15, 0.2) is 0 Å². The maximum Gasteiger partial charge on any atom is 0.0923 e. The second-order valence-corrected chi connectivity index (χ2v) is 7.84. The Morgan fingerprint density at radius 1 is 0.810 bits per heavy atom. The molecule has 0 radical (unpaired) electrons. The molecule has 3 rings (SSSR count). The van der Waals surface area contributed by atoms with Crippen LogP contribution in [0.4, 0.5) is 0 Å². The molecule has 21 heavy (non-hydrogen) atoms. The Balaban J connectivity index is 1.70. The molecule has 3 nitrogen and oxygen atoms in total. The van der Waals surface area contributed by atoms with Crippen LogP contribution in [-0.2, 0) is 0 Å². The van der Waals surface area contributed by atoms with Gasteiger partial charge in [0, 0.05) is 25.2 Å². The van der Waals surface area contributed by atoms with Crippen molar-refractivity contribution in [3.05, 3.63) is 0 Å². The van der Waals surface area contributed by atoms with E-state index in [2.05, 4.69) is 4.90 Å². The van der Waals surface area contributed by atoms with Gasteiger partial charge < -0.3 is 10.8 Å². The largest absolute Gasteiger partial charge is 0.387 e. The molecule has 0 aromatic rings. The molecule has 0 aromatic carbocycles. The predicted octanol–water partition coefficient (Wildman–Crippen LogP) is 3.05. The highest BCUT2D eigenvalue weighted by atomic mass is 16.3. The summed E-state index contributed by atoms with van der Waals surface area (Å²) in [7, 11) is 0. The minimum atomic E-state index is -0.616. The Bertz CT molecular complexity index is 301. The molecule has 122 valence electrons. The summed E-state index contributed by atoms with van der Waals surface area (Å²) in [6, 6.07) is 1.41. The number of rotatable bonds is 6. The molecule has 3 aliphatic carbocycles. The molecule has 0 spiro atoms. The summed E-state index contributed by atoms with van der Waals surface area (Å²) in [5.41, 5.74) is 5.36. The average molecular weight is 294 g/mol. The highest BCUT2D eigenvalue weighted by Crippen LogP contribution is 2.41. The average Bonchev–Trinajstić information content (AvgIpc) is 3.39. The summed E-state index contributed by atoms with van der Waals surface area (Å²) in [5.74, 6) is 0.470. The highest BCUT2D eigenvalue weighted by Gasteiger charge is 2.45. The molecule has 3 saturated carbocycles. The molecule has 3 aliphatic rings. The van der Waals surface area contributed by atoms with Crippen molar-refractivity contribution in [2.75, 3.05) is 13.1 Å². The van der Waals surface area contributed by atoms with Gasteiger partial charge in [0.2, 0.25) is 0 Å². The maximum absolute atomic E-state index is 11.0. The number of nitrogens with two attached hydrogens (primary N) is 1. The van der Waals surface area contributed by atoms with Crippen LogP contribution in [0, 0.1) is 5.92 Å². The van der Waals surface area contributed by atoms with Crippen LogP contribution in [0.5, 0.6) is 0 Å². The third kappa shape index (κ3) is 3.80. The Kier molecular flexibility index (Phi) is 5.23. The van der Waals surface area contributed by atoms with Crippen LogP contribution in [0.1, 0.15) is 77.0 Å². The fourth-order valence-corrected chi connectivity index (χ4v) is 4.68. The van der Waals surface area contributed by atoms with E-state index in [4.69, 9.17) is 5.73 Å². The van der Waals surface area contributed by atoms with Crippen LogP contribution >= 0.6 is 0 Å². The molecule has 0 aliphatic heterocycles. The van der Waals surface area contributed by atoms with E-state index in [9.17, 15) is 5.11 Å². The summed E-state index contributed by atoms with van der Waals surface area (Å²) < 4.78 is 0. The van der Waals surface area contributed by atoms with Crippen molar-refractivity contribution >= 4 is 0 Å². The van der Waals surface area contributed by atoms with E-state index in [1.165, 1.54) is 77.0 Å². The van der Waals surface area contributed by atoms with Gasteiger partial charge in [-0.15, -0.1) is 0 Å². The second kappa shape index (κ2) is 6.97. The van der Waals surface area contributed by atoms with Crippen molar-refractivity contribution in [3.8, 4) is 0 Å². The topological polar surface area (TPSA) is 49.5 Å². The van der Waals surface area contributed by atoms with Crippen molar-refractivity contribution in [3.63, 3.8) is 0 Å². The van der Waals surface area contributed by atoms with Gasteiger partial charge in [0.05, 0.1) is 5.60 Å². The minimum absolute atomic E-state index is 0.438. The molecule has 0 saturated heterocycles. The molecule has 0 amide bonds. The van der Waals surface area contributed by atoms with Gasteiger partial charge in [-0.2, -0.15) is 0 Å². The monoisotopic (exact) mass is 294 g/mol. The van der Waals surface area contributed by atoms with Gasteiger partial charge in [0.1, 0.15) is 0 Å². The Morgan fingerprint density at radius 3 is 1.67 bits per heavy atom. The zero-order valence-corrected chi connectivity index (χ0v) is 13.6. The molecular formula is C18H34N2O. The molecule has 1 atom stereocenters. The summed E-state index contributed by atoms with van der Waals surface area (Å²) in [4.78, 5) is 2.71. The Labute approximate surface area is 130 Å². The van der Waals surface area contributed by atoms with Crippen molar-refractivity contribution in [2.24, 2.45) is 11.7 Å². The van der Waals surface area contributed by atoms with Gasteiger partial charge >= 0.3 is 0 Å². The third-order valence-electron chi connectivity index (χ3n) is 6.23. The van der Waals surface area contributed by atoms with Crippen LogP contribution < -0.4 is 5.73 Å². The fraction of sp³-hybridized carbons (Fsp3) is 1.00. The zero-order chi connectivity index (χ0) is 14.7. The van der Waals surface area contributed by atoms with Crippen molar-refractivity contribution in [1.82, 2.24) is 4.90 Å². The molecule has 3 N–H and O–H groups in total. The van der Waals surface area contributed by atoms with Crippen LogP contribution in [0.2, 0.25) is 0 Å². The Morgan fingerprint density at radius 2 is 1.29 bits per heavy atom. The summed E-state index contributed by atoms with van der Waals surface area (Å²) in [6.07, 6.45) is 16.0.